The molecule has 6 heteroatoms. The van der Waals surface area contributed by atoms with Crippen LogP contribution in [-0.2, 0) is 6.54 Å². The van der Waals surface area contributed by atoms with Gasteiger partial charge in [-0.25, -0.2) is 4.79 Å². The lowest BCUT2D eigenvalue weighted by atomic mass is 10.1. The van der Waals surface area contributed by atoms with Gasteiger partial charge < -0.3 is 20.7 Å². The monoisotopic (exact) mass is 317 g/mol. The summed E-state index contributed by atoms with van der Waals surface area (Å²) in [6.07, 6.45) is 0.0834. The summed E-state index contributed by atoms with van der Waals surface area (Å²) >= 11 is 0. The van der Waals surface area contributed by atoms with Crippen molar-refractivity contribution >= 4 is 16.9 Å². The van der Waals surface area contributed by atoms with Crippen LogP contribution in [0.1, 0.15) is 25.8 Å². The number of benzene rings is 1. The van der Waals surface area contributed by atoms with Gasteiger partial charge in [-0.15, -0.1) is 0 Å². The number of aliphatic hydroxyl groups excluding tert-OH is 1. The fourth-order valence-corrected chi connectivity index (χ4v) is 2.50. The molecule has 0 aliphatic heterocycles. The summed E-state index contributed by atoms with van der Waals surface area (Å²) in [7, 11) is 0. The zero-order valence-electron chi connectivity index (χ0n) is 13.4. The van der Waals surface area contributed by atoms with E-state index in [0.29, 0.717) is 12.3 Å². The minimum absolute atomic E-state index is 0.201. The number of hydrogen-bond donors (Lipinski definition) is 4. The van der Waals surface area contributed by atoms with Crippen molar-refractivity contribution in [2.24, 2.45) is 5.92 Å². The van der Waals surface area contributed by atoms with E-state index < -0.39 is 6.10 Å². The van der Waals surface area contributed by atoms with Crippen molar-refractivity contribution in [3.63, 3.8) is 0 Å². The van der Waals surface area contributed by atoms with Crippen LogP contribution < -0.4 is 16.2 Å². The zero-order chi connectivity index (χ0) is 16.8. The Balaban J connectivity index is 1.93. The summed E-state index contributed by atoms with van der Waals surface area (Å²) < 4.78 is 0. The van der Waals surface area contributed by atoms with Crippen molar-refractivity contribution in [3.8, 4) is 0 Å². The third-order valence-corrected chi connectivity index (χ3v) is 3.52. The highest BCUT2D eigenvalue weighted by molar-refractivity contribution is 5.82. The number of pyridine rings is 1. The molecule has 124 valence electrons. The minimum atomic E-state index is -0.554. The van der Waals surface area contributed by atoms with Crippen molar-refractivity contribution in [3.05, 3.63) is 46.2 Å². The Labute approximate surface area is 134 Å². The van der Waals surface area contributed by atoms with Gasteiger partial charge in [0.05, 0.1) is 6.10 Å². The van der Waals surface area contributed by atoms with Crippen LogP contribution >= 0.6 is 0 Å². The molecule has 0 aliphatic carbocycles. The molecular formula is C17H23N3O3. The number of carbonyl (C=O) groups excluding carboxylic acids is 1. The number of nitrogens with one attached hydrogen (secondary N) is 3. The third kappa shape index (κ3) is 5.10. The fourth-order valence-electron chi connectivity index (χ4n) is 2.50. The SMILES string of the molecule is CC(C)CC(O)CNC(=O)NCc1cc(=O)[nH]c2ccccc12. The van der Waals surface area contributed by atoms with Crippen molar-refractivity contribution in [2.45, 2.75) is 32.9 Å². The fraction of sp³-hybridized carbons (Fsp3) is 0.412. The van der Waals surface area contributed by atoms with E-state index in [1.54, 1.807) is 0 Å². The minimum Gasteiger partial charge on any atom is -0.391 e. The van der Waals surface area contributed by atoms with Gasteiger partial charge in [0.1, 0.15) is 0 Å². The van der Waals surface area contributed by atoms with Gasteiger partial charge in [-0.2, -0.15) is 0 Å². The van der Waals surface area contributed by atoms with Gasteiger partial charge >= 0.3 is 6.03 Å². The first-order valence-corrected chi connectivity index (χ1v) is 7.76. The summed E-state index contributed by atoms with van der Waals surface area (Å²) in [5, 5.41) is 16.0. The molecule has 0 saturated heterocycles. The Bertz CT molecular complexity index is 724. The standard InChI is InChI=1S/C17H23N3O3/c1-11(2)7-13(21)10-19-17(23)18-9-12-8-16(22)20-15-6-4-3-5-14(12)15/h3-6,8,11,13,21H,7,9-10H2,1-2H3,(H,20,22)(H2,18,19,23). The summed E-state index contributed by atoms with van der Waals surface area (Å²) in [6.45, 7) is 4.49. The number of amides is 2. The van der Waals surface area contributed by atoms with E-state index in [4.69, 9.17) is 0 Å². The average Bonchev–Trinajstić information content (AvgIpc) is 2.49. The second kappa shape index (κ2) is 7.78. The quantitative estimate of drug-likeness (QED) is 0.653. The second-order valence-electron chi connectivity index (χ2n) is 6.05. The molecule has 2 aromatic rings. The number of H-pyrrole nitrogens is 1. The highest BCUT2D eigenvalue weighted by atomic mass is 16.3. The third-order valence-electron chi connectivity index (χ3n) is 3.52. The maximum atomic E-state index is 11.8. The molecular weight excluding hydrogens is 294 g/mol. The van der Waals surface area contributed by atoms with Crippen LogP contribution in [0.4, 0.5) is 4.79 Å². The van der Waals surface area contributed by atoms with Crippen molar-refractivity contribution in [2.75, 3.05) is 6.54 Å². The van der Waals surface area contributed by atoms with Crippen LogP contribution in [0.5, 0.6) is 0 Å². The Kier molecular flexibility index (Phi) is 5.76. The number of aliphatic hydroxyl groups is 1. The first-order chi connectivity index (χ1) is 11.0. The number of hydrogen-bond acceptors (Lipinski definition) is 3. The largest absolute Gasteiger partial charge is 0.391 e. The summed E-state index contributed by atoms with van der Waals surface area (Å²) in [5.74, 6) is 0.372. The molecule has 0 radical (unpaired) electrons. The first kappa shape index (κ1) is 17.0. The van der Waals surface area contributed by atoms with Crippen LogP contribution in [0.25, 0.3) is 10.9 Å². The number of rotatable bonds is 6. The number of fused-ring (bicyclic) bond motifs is 1. The lowest BCUT2D eigenvalue weighted by Crippen LogP contribution is -2.39. The predicted octanol–water partition coefficient (Wildman–Crippen LogP) is 1.73. The molecule has 0 saturated carbocycles. The number of para-hydroxylation sites is 1. The molecule has 1 atom stereocenters. The van der Waals surface area contributed by atoms with E-state index >= 15 is 0 Å². The highest BCUT2D eigenvalue weighted by Crippen LogP contribution is 2.14. The number of carbonyl (C=O) groups is 1. The molecule has 6 nitrogen and oxygen atoms in total. The summed E-state index contributed by atoms with van der Waals surface area (Å²) in [5.41, 5.74) is 1.29. The lowest BCUT2D eigenvalue weighted by molar-refractivity contribution is 0.147. The van der Waals surface area contributed by atoms with Crippen LogP contribution in [0, 0.1) is 5.92 Å². The molecule has 23 heavy (non-hydrogen) atoms. The molecule has 0 fully saturated rings. The molecule has 4 N–H and O–H groups in total. The van der Waals surface area contributed by atoms with Gasteiger partial charge in [0, 0.05) is 30.1 Å². The van der Waals surface area contributed by atoms with E-state index in [2.05, 4.69) is 15.6 Å². The van der Waals surface area contributed by atoms with Gasteiger partial charge in [-0.05, 0) is 24.0 Å². The number of aromatic amines is 1. The molecule has 2 amide bonds. The molecule has 1 heterocycles. The first-order valence-electron chi connectivity index (χ1n) is 7.76. The molecule has 0 aliphatic rings. The van der Waals surface area contributed by atoms with E-state index in [-0.39, 0.29) is 24.7 Å². The second-order valence-corrected chi connectivity index (χ2v) is 6.05. The van der Waals surface area contributed by atoms with Crippen LogP contribution in [0.15, 0.2) is 35.1 Å². The maximum Gasteiger partial charge on any atom is 0.315 e. The zero-order valence-corrected chi connectivity index (χ0v) is 13.4. The molecule has 1 unspecified atom stereocenters. The molecule has 0 bridgehead atoms. The average molecular weight is 317 g/mol. The van der Waals surface area contributed by atoms with Crippen LogP contribution in [-0.4, -0.2) is 28.8 Å². The maximum absolute atomic E-state index is 11.8. The Morgan fingerprint density at radius 1 is 1.26 bits per heavy atom. The normalized spacial score (nSPS) is 12.3. The van der Waals surface area contributed by atoms with E-state index in [0.717, 1.165) is 16.5 Å². The van der Waals surface area contributed by atoms with Crippen molar-refractivity contribution in [1.29, 1.82) is 0 Å². The van der Waals surface area contributed by atoms with E-state index in [9.17, 15) is 14.7 Å². The van der Waals surface area contributed by atoms with Crippen molar-refractivity contribution < 1.29 is 9.90 Å². The van der Waals surface area contributed by atoms with Crippen molar-refractivity contribution in [1.82, 2.24) is 15.6 Å². The van der Waals surface area contributed by atoms with E-state index in [1.165, 1.54) is 6.07 Å². The van der Waals surface area contributed by atoms with Crippen LogP contribution in [0.2, 0.25) is 0 Å². The molecule has 0 spiro atoms. The summed E-state index contributed by atoms with van der Waals surface area (Å²) in [4.78, 5) is 26.2. The van der Waals surface area contributed by atoms with Gasteiger partial charge in [-0.1, -0.05) is 32.0 Å². The van der Waals surface area contributed by atoms with Gasteiger partial charge in [0.25, 0.3) is 0 Å². The predicted molar refractivity (Wildman–Crippen MR) is 90.3 cm³/mol. The Morgan fingerprint density at radius 3 is 2.74 bits per heavy atom. The highest BCUT2D eigenvalue weighted by Gasteiger charge is 2.09. The smallest absolute Gasteiger partial charge is 0.315 e. The van der Waals surface area contributed by atoms with Crippen LogP contribution in [0.3, 0.4) is 0 Å². The Morgan fingerprint density at radius 2 is 2.00 bits per heavy atom. The molecule has 1 aromatic heterocycles. The number of urea groups is 1. The van der Waals surface area contributed by atoms with Gasteiger partial charge in [-0.3, -0.25) is 4.79 Å². The summed E-state index contributed by atoms with van der Waals surface area (Å²) in [6, 6.07) is 8.56. The molecule has 1 aromatic carbocycles. The van der Waals surface area contributed by atoms with Gasteiger partial charge in [0.2, 0.25) is 5.56 Å². The number of aromatic nitrogens is 1. The topological polar surface area (TPSA) is 94.2 Å². The lowest BCUT2D eigenvalue weighted by Gasteiger charge is -2.14. The molecule has 2 rings (SSSR count). The van der Waals surface area contributed by atoms with E-state index in [1.807, 2.05) is 38.1 Å². The Hall–Kier alpha value is -2.34. The van der Waals surface area contributed by atoms with Gasteiger partial charge in [0.15, 0.2) is 0 Å².